The van der Waals surface area contributed by atoms with E-state index in [4.69, 9.17) is 0 Å². The molecule has 0 unspecified atom stereocenters. The number of para-hydroxylation sites is 1. The van der Waals surface area contributed by atoms with Crippen LogP contribution in [0.15, 0.2) is 30.6 Å². The number of rotatable bonds is 1. The molecule has 0 radical (unpaired) electrons. The highest BCUT2D eigenvalue weighted by atomic mass is 15.2. The molecule has 102 valence electrons. The van der Waals surface area contributed by atoms with Crippen LogP contribution in [0, 0.1) is 0 Å². The van der Waals surface area contributed by atoms with Gasteiger partial charge < -0.3 is 9.80 Å². The van der Waals surface area contributed by atoms with E-state index in [1.165, 1.54) is 22.5 Å². The maximum Gasteiger partial charge on any atom is 0.141 e. The van der Waals surface area contributed by atoms with Gasteiger partial charge in [-0.1, -0.05) is 18.2 Å². The zero-order valence-electron chi connectivity index (χ0n) is 11.7. The molecule has 0 amide bonds. The van der Waals surface area contributed by atoms with E-state index in [0.29, 0.717) is 0 Å². The second kappa shape index (κ2) is 4.56. The number of benzene rings is 1. The van der Waals surface area contributed by atoms with Gasteiger partial charge in [0.1, 0.15) is 12.1 Å². The first-order valence-electron chi connectivity index (χ1n) is 7.19. The van der Waals surface area contributed by atoms with Gasteiger partial charge in [-0.3, -0.25) is 0 Å². The van der Waals surface area contributed by atoms with E-state index in [1.807, 2.05) is 0 Å². The second-order valence-corrected chi connectivity index (χ2v) is 5.64. The summed E-state index contributed by atoms with van der Waals surface area (Å²) in [5.41, 5.74) is 5.25. The van der Waals surface area contributed by atoms with Gasteiger partial charge >= 0.3 is 0 Å². The molecule has 0 saturated carbocycles. The van der Waals surface area contributed by atoms with Crippen LogP contribution in [0.4, 0.5) is 11.5 Å². The van der Waals surface area contributed by atoms with Crippen molar-refractivity contribution < 1.29 is 0 Å². The number of likely N-dealkylation sites (N-methyl/N-ethyl adjacent to an activating group) is 1. The van der Waals surface area contributed by atoms with Crippen LogP contribution in [-0.4, -0.2) is 35.0 Å². The van der Waals surface area contributed by atoms with Crippen molar-refractivity contribution >= 4 is 11.5 Å². The van der Waals surface area contributed by atoms with Crippen LogP contribution in [0.25, 0.3) is 0 Å². The summed E-state index contributed by atoms with van der Waals surface area (Å²) in [5.74, 6) is 1.10. The Bertz CT molecular complexity index is 653. The van der Waals surface area contributed by atoms with Crippen molar-refractivity contribution in [1.29, 1.82) is 0 Å². The van der Waals surface area contributed by atoms with Crippen molar-refractivity contribution in [3.63, 3.8) is 0 Å². The smallest absolute Gasteiger partial charge is 0.141 e. The fourth-order valence-electron chi connectivity index (χ4n) is 3.25. The summed E-state index contributed by atoms with van der Waals surface area (Å²) in [5, 5.41) is 0. The molecule has 0 atom stereocenters. The number of anilines is 2. The third-order valence-corrected chi connectivity index (χ3v) is 4.31. The summed E-state index contributed by atoms with van der Waals surface area (Å²) in [6, 6.07) is 8.64. The highest BCUT2D eigenvalue weighted by Crippen LogP contribution is 2.36. The molecule has 3 heterocycles. The zero-order chi connectivity index (χ0) is 13.5. The minimum atomic E-state index is 0.949. The maximum atomic E-state index is 4.60. The molecule has 1 aromatic heterocycles. The second-order valence-electron chi connectivity index (χ2n) is 5.64. The van der Waals surface area contributed by atoms with E-state index >= 15 is 0 Å². The molecule has 0 saturated heterocycles. The van der Waals surface area contributed by atoms with E-state index in [1.54, 1.807) is 6.33 Å². The largest absolute Gasteiger partial charge is 0.325 e. The molecule has 4 heteroatoms. The molecule has 2 aliphatic heterocycles. The lowest BCUT2D eigenvalue weighted by Gasteiger charge is -2.29. The molecule has 0 N–H and O–H groups in total. The summed E-state index contributed by atoms with van der Waals surface area (Å²) in [7, 11) is 2.16. The molecule has 0 bridgehead atoms. The van der Waals surface area contributed by atoms with Crippen molar-refractivity contribution in [3.8, 4) is 0 Å². The van der Waals surface area contributed by atoms with Crippen LogP contribution >= 0.6 is 0 Å². The number of hydrogen-bond acceptors (Lipinski definition) is 4. The molecule has 2 aromatic rings. The highest BCUT2D eigenvalue weighted by molar-refractivity contribution is 5.69. The molecule has 20 heavy (non-hydrogen) atoms. The Morgan fingerprint density at radius 2 is 1.95 bits per heavy atom. The normalized spacial score (nSPS) is 17.9. The molecule has 0 fully saturated rings. The zero-order valence-corrected chi connectivity index (χ0v) is 11.7. The summed E-state index contributed by atoms with van der Waals surface area (Å²) >= 11 is 0. The van der Waals surface area contributed by atoms with E-state index in [0.717, 1.165) is 38.3 Å². The fourth-order valence-corrected chi connectivity index (χ4v) is 3.25. The van der Waals surface area contributed by atoms with Crippen LogP contribution in [-0.2, 0) is 19.4 Å². The van der Waals surface area contributed by atoms with Crippen molar-refractivity contribution in [3.05, 3.63) is 47.4 Å². The van der Waals surface area contributed by atoms with Gasteiger partial charge in [-0.2, -0.15) is 0 Å². The van der Waals surface area contributed by atoms with Gasteiger partial charge in [-0.05, 0) is 25.1 Å². The third kappa shape index (κ3) is 1.79. The van der Waals surface area contributed by atoms with E-state index in [-0.39, 0.29) is 0 Å². The molecule has 0 aliphatic carbocycles. The minimum Gasteiger partial charge on any atom is -0.325 e. The third-order valence-electron chi connectivity index (χ3n) is 4.31. The molecule has 0 spiro atoms. The van der Waals surface area contributed by atoms with E-state index < -0.39 is 0 Å². The Balaban J connectivity index is 1.81. The first-order chi connectivity index (χ1) is 9.83. The van der Waals surface area contributed by atoms with Gasteiger partial charge in [0.25, 0.3) is 0 Å². The number of nitrogens with zero attached hydrogens (tertiary/aromatic N) is 4. The first kappa shape index (κ1) is 11.9. The summed E-state index contributed by atoms with van der Waals surface area (Å²) < 4.78 is 0. The van der Waals surface area contributed by atoms with Gasteiger partial charge in [0.05, 0.1) is 5.69 Å². The summed E-state index contributed by atoms with van der Waals surface area (Å²) in [4.78, 5) is 13.8. The number of hydrogen-bond donors (Lipinski definition) is 0. The first-order valence-corrected chi connectivity index (χ1v) is 7.19. The monoisotopic (exact) mass is 266 g/mol. The lowest BCUT2D eigenvalue weighted by molar-refractivity contribution is 0.309. The van der Waals surface area contributed by atoms with Gasteiger partial charge in [-0.25, -0.2) is 9.97 Å². The predicted octanol–water partition coefficient (Wildman–Crippen LogP) is 2.16. The number of fused-ring (bicyclic) bond motifs is 2. The topological polar surface area (TPSA) is 32.3 Å². The quantitative estimate of drug-likeness (QED) is 0.792. The molecular formula is C16H18N4. The Labute approximate surface area is 119 Å². The van der Waals surface area contributed by atoms with Gasteiger partial charge in [-0.15, -0.1) is 0 Å². The van der Waals surface area contributed by atoms with Gasteiger partial charge in [0.15, 0.2) is 0 Å². The highest BCUT2D eigenvalue weighted by Gasteiger charge is 2.26. The SMILES string of the molecule is CN1CCc2ncnc(N3CCc4ccccc43)c2C1. The van der Waals surface area contributed by atoms with Crippen molar-refractivity contribution in [2.45, 2.75) is 19.4 Å². The fraction of sp³-hybridized carbons (Fsp3) is 0.375. The molecular weight excluding hydrogens is 248 g/mol. The lowest BCUT2D eigenvalue weighted by atomic mass is 10.1. The van der Waals surface area contributed by atoms with Crippen LogP contribution in [0.3, 0.4) is 0 Å². The number of aromatic nitrogens is 2. The Kier molecular flexibility index (Phi) is 2.70. The minimum absolute atomic E-state index is 0.949. The van der Waals surface area contributed by atoms with Crippen LogP contribution in [0.5, 0.6) is 0 Å². The van der Waals surface area contributed by atoms with Crippen LogP contribution < -0.4 is 4.90 Å². The standard InChI is InChI=1S/C16H18N4/c1-19-8-7-14-13(10-19)16(18-11-17-14)20-9-6-12-4-2-3-5-15(12)20/h2-5,11H,6-10H2,1H3. The molecule has 1 aromatic carbocycles. The Morgan fingerprint density at radius 1 is 1.05 bits per heavy atom. The average Bonchev–Trinajstić information content (AvgIpc) is 2.90. The van der Waals surface area contributed by atoms with Crippen LogP contribution in [0.1, 0.15) is 16.8 Å². The van der Waals surface area contributed by atoms with Crippen molar-refractivity contribution in [2.24, 2.45) is 0 Å². The van der Waals surface area contributed by atoms with E-state index in [2.05, 4.69) is 51.1 Å². The van der Waals surface area contributed by atoms with Crippen molar-refractivity contribution in [1.82, 2.24) is 14.9 Å². The van der Waals surface area contributed by atoms with Crippen LogP contribution in [0.2, 0.25) is 0 Å². The Hall–Kier alpha value is -1.94. The lowest BCUT2D eigenvalue weighted by Crippen LogP contribution is -2.30. The van der Waals surface area contributed by atoms with E-state index in [9.17, 15) is 0 Å². The Morgan fingerprint density at radius 3 is 2.90 bits per heavy atom. The van der Waals surface area contributed by atoms with Gasteiger partial charge in [0.2, 0.25) is 0 Å². The summed E-state index contributed by atoms with van der Waals surface area (Å²) in [6.45, 7) is 3.05. The molecule has 4 rings (SSSR count). The maximum absolute atomic E-state index is 4.60. The molecule has 4 nitrogen and oxygen atoms in total. The van der Waals surface area contributed by atoms with Gasteiger partial charge in [0, 0.05) is 37.3 Å². The molecule has 2 aliphatic rings. The summed E-state index contributed by atoms with van der Waals surface area (Å²) in [6.07, 6.45) is 3.85. The average molecular weight is 266 g/mol. The van der Waals surface area contributed by atoms with Crippen molar-refractivity contribution in [2.75, 3.05) is 25.0 Å². The predicted molar refractivity (Wildman–Crippen MR) is 79.2 cm³/mol.